The highest BCUT2D eigenvalue weighted by Crippen LogP contribution is 2.35. The normalized spacial score (nSPS) is 21.1. The van der Waals surface area contributed by atoms with Crippen molar-refractivity contribution in [3.63, 3.8) is 0 Å². The van der Waals surface area contributed by atoms with Gasteiger partial charge in [0.2, 0.25) is 5.91 Å². The van der Waals surface area contributed by atoms with E-state index in [0.717, 1.165) is 43.2 Å². The molecule has 2 unspecified atom stereocenters. The van der Waals surface area contributed by atoms with E-state index >= 15 is 0 Å². The van der Waals surface area contributed by atoms with Crippen molar-refractivity contribution >= 4 is 28.2 Å². The number of nitrogens with zero attached hydrogens (tertiary/aromatic N) is 7. The molecule has 1 aromatic heterocycles. The minimum atomic E-state index is -0.243. The number of ether oxygens (including phenoxy) is 2. The van der Waals surface area contributed by atoms with Gasteiger partial charge in [-0.25, -0.2) is 0 Å². The molecule has 0 N–H and O–H groups in total. The SMILES string of the molecule is C=CC(=O)N1CCN(c2nc(OCC3COCCN3C)nc3c2CCN(c2cccc4ccccc24)C3)CC1CC#N. The van der Waals surface area contributed by atoms with E-state index in [9.17, 15) is 10.1 Å². The zero-order chi connectivity index (χ0) is 29.1. The van der Waals surface area contributed by atoms with Crippen molar-refractivity contribution in [2.45, 2.75) is 31.5 Å². The van der Waals surface area contributed by atoms with Crippen molar-refractivity contribution in [3.05, 3.63) is 66.4 Å². The predicted octanol–water partition coefficient (Wildman–Crippen LogP) is 3.02. The molecule has 10 nitrogen and oxygen atoms in total. The Morgan fingerprint density at radius 2 is 1.98 bits per heavy atom. The lowest BCUT2D eigenvalue weighted by molar-refractivity contribution is -0.128. The second-order valence-corrected chi connectivity index (χ2v) is 11.1. The molecule has 2 saturated heterocycles. The third kappa shape index (κ3) is 5.62. The van der Waals surface area contributed by atoms with Crippen molar-refractivity contribution < 1.29 is 14.3 Å². The van der Waals surface area contributed by atoms with Gasteiger partial charge in [-0.05, 0) is 31.0 Å². The fourth-order valence-corrected chi connectivity index (χ4v) is 6.22. The standard InChI is InChI=1S/C32H37N7O3/c1-3-30(40)39-16-15-38(19-24(39)11-13-33)31-27-12-14-37(29-10-6-8-23-7-4-5-9-26(23)29)20-28(27)34-32(35-31)42-22-25-21-41-18-17-36(25)2/h3-10,24-25H,1,11-12,14-22H2,2H3. The van der Waals surface area contributed by atoms with Crippen molar-refractivity contribution in [2.75, 3.05) is 69.4 Å². The number of likely N-dealkylation sites (N-methyl/N-ethyl adjacent to an activating group) is 1. The number of anilines is 2. The minimum Gasteiger partial charge on any atom is -0.462 e. The summed E-state index contributed by atoms with van der Waals surface area (Å²) in [7, 11) is 2.08. The van der Waals surface area contributed by atoms with Crippen LogP contribution in [0.4, 0.5) is 11.5 Å². The number of carbonyl (C=O) groups is 1. The molecule has 0 radical (unpaired) electrons. The van der Waals surface area contributed by atoms with Gasteiger partial charge in [0.25, 0.3) is 0 Å². The number of benzene rings is 2. The number of nitriles is 1. The summed E-state index contributed by atoms with van der Waals surface area (Å²) < 4.78 is 11.9. The molecule has 3 aliphatic rings. The second kappa shape index (κ2) is 12.3. The molecule has 2 fully saturated rings. The van der Waals surface area contributed by atoms with Crippen molar-refractivity contribution in [2.24, 2.45) is 0 Å². The molecule has 218 valence electrons. The number of carbonyl (C=O) groups excluding carboxylic acids is 1. The van der Waals surface area contributed by atoms with E-state index in [2.05, 4.69) is 76.9 Å². The van der Waals surface area contributed by atoms with E-state index in [-0.39, 0.29) is 24.4 Å². The van der Waals surface area contributed by atoms with Crippen LogP contribution in [0, 0.1) is 11.3 Å². The maximum absolute atomic E-state index is 12.5. The highest BCUT2D eigenvalue weighted by atomic mass is 16.5. The van der Waals surface area contributed by atoms with Crippen LogP contribution in [0.15, 0.2) is 55.1 Å². The lowest BCUT2D eigenvalue weighted by atomic mass is 10.0. The zero-order valence-corrected chi connectivity index (χ0v) is 24.1. The van der Waals surface area contributed by atoms with Crippen LogP contribution in [-0.4, -0.2) is 97.4 Å². The molecule has 0 spiro atoms. The Hall–Kier alpha value is -4.20. The second-order valence-electron chi connectivity index (χ2n) is 11.1. The summed E-state index contributed by atoms with van der Waals surface area (Å²) in [5, 5.41) is 11.9. The number of fused-ring (bicyclic) bond motifs is 2. The summed E-state index contributed by atoms with van der Waals surface area (Å²) in [5.41, 5.74) is 3.24. The average Bonchev–Trinajstić information content (AvgIpc) is 3.03. The van der Waals surface area contributed by atoms with E-state index in [1.165, 1.54) is 22.5 Å². The van der Waals surface area contributed by atoms with E-state index in [1.54, 1.807) is 4.90 Å². The Balaban J connectivity index is 1.32. The van der Waals surface area contributed by atoms with Crippen LogP contribution < -0.4 is 14.5 Å². The summed E-state index contributed by atoms with van der Waals surface area (Å²) >= 11 is 0. The fourth-order valence-electron chi connectivity index (χ4n) is 6.22. The molecule has 0 saturated carbocycles. The number of aromatic nitrogens is 2. The van der Waals surface area contributed by atoms with E-state index in [4.69, 9.17) is 19.4 Å². The monoisotopic (exact) mass is 567 g/mol. The number of amides is 1. The van der Waals surface area contributed by atoms with Crippen LogP contribution in [0.2, 0.25) is 0 Å². The molecule has 2 atom stereocenters. The largest absolute Gasteiger partial charge is 0.462 e. The lowest BCUT2D eigenvalue weighted by Gasteiger charge is -2.42. The first-order chi connectivity index (χ1) is 20.6. The molecule has 1 amide bonds. The number of hydrogen-bond donors (Lipinski definition) is 0. The third-order valence-corrected chi connectivity index (χ3v) is 8.62. The smallest absolute Gasteiger partial charge is 0.318 e. The average molecular weight is 568 g/mol. The molecule has 6 rings (SSSR count). The molecular formula is C32H37N7O3. The molecule has 4 heterocycles. The third-order valence-electron chi connectivity index (χ3n) is 8.62. The maximum Gasteiger partial charge on any atom is 0.318 e. The van der Waals surface area contributed by atoms with Gasteiger partial charge < -0.3 is 24.2 Å². The summed E-state index contributed by atoms with van der Waals surface area (Å²) in [5.74, 6) is 0.697. The first kappa shape index (κ1) is 27.9. The van der Waals surface area contributed by atoms with Crippen molar-refractivity contribution in [1.82, 2.24) is 19.8 Å². The minimum absolute atomic E-state index is 0.127. The van der Waals surface area contributed by atoms with Gasteiger partial charge in [-0.1, -0.05) is 43.0 Å². The molecular weight excluding hydrogens is 530 g/mol. The molecule has 2 aromatic carbocycles. The quantitative estimate of drug-likeness (QED) is 0.399. The van der Waals surface area contributed by atoms with Gasteiger partial charge in [-0.3, -0.25) is 9.69 Å². The molecule has 0 aliphatic carbocycles. The van der Waals surface area contributed by atoms with E-state index in [1.807, 2.05) is 0 Å². The van der Waals surface area contributed by atoms with Crippen LogP contribution in [-0.2, 0) is 22.5 Å². The molecule has 42 heavy (non-hydrogen) atoms. The first-order valence-electron chi connectivity index (χ1n) is 14.6. The molecule has 3 aliphatic heterocycles. The van der Waals surface area contributed by atoms with Gasteiger partial charge in [0.1, 0.15) is 12.4 Å². The first-order valence-corrected chi connectivity index (χ1v) is 14.6. The van der Waals surface area contributed by atoms with E-state index < -0.39 is 0 Å². The van der Waals surface area contributed by atoms with Gasteiger partial charge in [0, 0.05) is 49.4 Å². The number of piperazine rings is 1. The number of rotatable bonds is 7. The summed E-state index contributed by atoms with van der Waals surface area (Å²) in [6.45, 7) is 9.36. The van der Waals surface area contributed by atoms with Crippen molar-refractivity contribution in [1.29, 1.82) is 5.26 Å². The lowest BCUT2D eigenvalue weighted by Crippen LogP contribution is -2.55. The van der Waals surface area contributed by atoms with Crippen LogP contribution in [0.1, 0.15) is 17.7 Å². The van der Waals surface area contributed by atoms with Crippen LogP contribution >= 0.6 is 0 Å². The summed E-state index contributed by atoms with van der Waals surface area (Å²) in [6.07, 6.45) is 2.35. The topological polar surface area (TPSA) is 98.1 Å². The number of hydrogen-bond acceptors (Lipinski definition) is 9. The van der Waals surface area contributed by atoms with Crippen molar-refractivity contribution in [3.8, 4) is 12.1 Å². The Kier molecular flexibility index (Phi) is 8.22. The van der Waals surface area contributed by atoms with Gasteiger partial charge in [-0.15, -0.1) is 0 Å². The highest BCUT2D eigenvalue weighted by molar-refractivity contribution is 5.94. The predicted molar refractivity (Wildman–Crippen MR) is 162 cm³/mol. The van der Waals surface area contributed by atoms with Crippen LogP contribution in [0.25, 0.3) is 10.8 Å². The summed E-state index contributed by atoms with van der Waals surface area (Å²) in [6, 6.07) is 17.4. The Bertz CT molecular complexity index is 1500. The van der Waals surface area contributed by atoms with Crippen LogP contribution in [0.3, 0.4) is 0 Å². The Labute approximate surface area is 246 Å². The fraction of sp³-hybridized carbons (Fsp3) is 0.438. The zero-order valence-electron chi connectivity index (χ0n) is 24.1. The molecule has 10 heteroatoms. The van der Waals surface area contributed by atoms with Gasteiger partial charge >= 0.3 is 6.01 Å². The van der Waals surface area contributed by atoms with E-state index in [0.29, 0.717) is 45.4 Å². The molecule has 0 bridgehead atoms. The molecule has 3 aromatic rings. The Morgan fingerprint density at radius 1 is 1.12 bits per heavy atom. The highest BCUT2D eigenvalue weighted by Gasteiger charge is 2.33. The van der Waals surface area contributed by atoms with Gasteiger partial charge in [0.05, 0.1) is 50.0 Å². The van der Waals surface area contributed by atoms with Crippen LogP contribution in [0.5, 0.6) is 6.01 Å². The Morgan fingerprint density at radius 3 is 2.81 bits per heavy atom. The maximum atomic E-state index is 12.5. The number of morpholine rings is 1. The van der Waals surface area contributed by atoms with Gasteiger partial charge in [-0.2, -0.15) is 15.2 Å². The summed E-state index contributed by atoms with van der Waals surface area (Å²) in [4.78, 5) is 31.0. The van der Waals surface area contributed by atoms with Gasteiger partial charge in [0.15, 0.2) is 0 Å².